The van der Waals surface area contributed by atoms with Crippen LogP contribution in [-0.2, 0) is 14.3 Å². The summed E-state index contributed by atoms with van der Waals surface area (Å²) in [6.07, 6.45) is 30.3. The second kappa shape index (κ2) is 24.9. The summed E-state index contributed by atoms with van der Waals surface area (Å²) in [5.74, 6) is -1.82. The Labute approximate surface area is 274 Å². The first-order chi connectivity index (χ1) is 21.7. The Hall–Kier alpha value is -3.36. The number of thioether (sulfide) groups is 1. The first kappa shape index (κ1) is 39.7. The van der Waals surface area contributed by atoms with Crippen LogP contribution in [0, 0.1) is 11.8 Å². The Kier molecular flexibility index (Phi) is 21.9. The molecule has 0 aliphatic heterocycles. The van der Waals surface area contributed by atoms with Gasteiger partial charge in [-0.15, -0.1) is 11.8 Å². The Balaban J connectivity index is 2.37. The third-order valence-corrected chi connectivity index (χ3v) is 8.02. The average molecular weight is 640 g/mol. The van der Waals surface area contributed by atoms with Gasteiger partial charge in [-0.05, 0) is 87.7 Å². The van der Waals surface area contributed by atoms with E-state index in [2.05, 4.69) is 73.0 Å². The van der Waals surface area contributed by atoms with Crippen LogP contribution in [-0.4, -0.2) is 46.2 Å². The van der Waals surface area contributed by atoms with E-state index in [0.717, 1.165) is 57.1 Å². The Morgan fingerprint density at radius 3 is 2.00 bits per heavy atom. The van der Waals surface area contributed by atoms with E-state index in [0.29, 0.717) is 6.42 Å². The van der Waals surface area contributed by atoms with Crippen molar-refractivity contribution in [1.29, 1.82) is 0 Å². The average Bonchev–Trinajstić information content (AvgIpc) is 3.00. The molecule has 0 saturated heterocycles. The number of phenols is 1. The molecule has 8 heteroatoms. The van der Waals surface area contributed by atoms with Gasteiger partial charge in [0.15, 0.2) is 11.2 Å². The first-order valence-corrected chi connectivity index (χ1v) is 17.0. The maximum atomic E-state index is 13.1. The number of unbranched alkanes of at least 4 members (excludes halogenated alkanes) is 2. The zero-order chi connectivity index (χ0) is 33.3. The molecule has 45 heavy (non-hydrogen) atoms. The Morgan fingerprint density at radius 1 is 0.889 bits per heavy atom. The van der Waals surface area contributed by atoms with Crippen molar-refractivity contribution in [2.45, 2.75) is 90.4 Å². The van der Waals surface area contributed by atoms with Crippen LogP contribution in [0.4, 0.5) is 5.69 Å². The van der Waals surface area contributed by atoms with Crippen molar-refractivity contribution in [3.8, 4) is 5.75 Å². The van der Waals surface area contributed by atoms with E-state index >= 15 is 0 Å². The van der Waals surface area contributed by atoms with Crippen LogP contribution in [0.25, 0.3) is 0 Å². The Bertz CT molecular complexity index is 1170. The molecule has 3 N–H and O–H groups in total. The van der Waals surface area contributed by atoms with Crippen molar-refractivity contribution in [2.24, 2.45) is 11.8 Å². The van der Waals surface area contributed by atoms with Crippen LogP contribution in [0.15, 0.2) is 79.0 Å². The number of ether oxygens (including phenoxy) is 1. The number of carbonyl (C=O) groups is 3. The number of benzene rings is 1. The standard InChI is InChI=1S/C37H53NO6S/c1-5-6-7-8-9-10-11-12-13-14-15-16-17-18-19-20-21-22-25-45-37(44-4)34(40)27-30(26-29(2)3)35(41)38-31-23-24-33(39)32(28-31)36(42)43/h6-7,9-10,12-13,15-16,18-19,23-24,28-30,37,39H,5,8,11,14,17,20-22,25-27H2,1-4H3,(H,38,41)(H,42,43)/b7-6-,10-9-,13-12-,16-15-,19-18-. The van der Waals surface area contributed by atoms with Crippen molar-refractivity contribution in [1.82, 2.24) is 0 Å². The van der Waals surface area contributed by atoms with Gasteiger partial charge in [0.05, 0.1) is 0 Å². The van der Waals surface area contributed by atoms with Gasteiger partial charge in [-0.25, -0.2) is 4.79 Å². The van der Waals surface area contributed by atoms with E-state index < -0.39 is 17.3 Å². The summed E-state index contributed by atoms with van der Waals surface area (Å²) in [7, 11) is 1.51. The highest BCUT2D eigenvalue weighted by Crippen LogP contribution is 2.26. The molecule has 2 atom stereocenters. The largest absolute Gasteiger partial charge is 0.507 e. The lowest BCUT2D eigenvalue weighted by Gasteiger charge is -2.21. The number of ketones is 1. The molecule has 0 radical (unpaired) electrons. The van der Waals surface area contributed by atoms with Crippen LogP contribution < -0.4 is 5.32 Å². The number of aromatic hydroxyl groups is 1. The van der Waals surface area contributed by atoms with E-state index in [1.165, 1.54) is 37.1 Å². The molecule has 0 saturated carbocycles. The van der Waals surface area contributed by atoms with E-state index in [1.54, 1.807) is 0 Å². The number of anilines is 1. The fourth-order valence-electron chi connectivity index (χ4n) is 4.44. The molecule has 0 spiro atoms. The quantitative estimate of drug-likeness (QED) is 0.0447. The molecular formula is C37H53NO6S. The predicted octanol–water partition coefficient (Wildman–Crippen LogP) is 9.28. The van der Waals surface area contributed by atoms with Crippen LogP contribution in [0.3, 0.4) is 0 Å². The van der Waals surface area contributed by atoms with E-state index in [-0.39, 0.29) is 41.0 Å². The summed E-state index contributed by atoms with van der Waals surface area (Å²) in [5.41, 5.74) is -0.698. The van der Waals surface area contributed by atoms with E-state index in [9.17, 15) is 24.6 Å². The number of methoxy groups -OCH3 is 1. The molecule has 7 nitrogen and oxygen atoms in total. The van der Waals surface area contributed by atoms with Gasteiger partial charge in [-0.3, -0.25) is 9.59 Å². The van der Waals surface area contributed by atoms with Crippen LogP contribution in [0.2, 0.25) is 0 Å². The van der Waals surface area contributed by atoms with Gasteiger partial charge in [-0.2, -0.15) is 0 Å². The fourth-order valence-corrected chi connectivity index (χ4v) is 5.44. The van der Waals surface area contributed by atoms with Crippen molar-refractivity contribution in [3.05, 3.63) is 84.5 Å². The predicted molar refractivity (Wildman–Crippen MR) is 188 cm³/mol. The summed E-state index contributed by atoms with van der Waals surface area (Å²) in [6.45, 7) is 6.10. The van der Waals surface area contributed by atoms with E-state index in [4.69, 9.17) is 4.74 Å². The van der Waals surface area contributed by atoms with Gasteiger partial charge in [0.2, 0.25) is 5.91 Å². The zero-order valence-corrected chi connectivity index (χ0v) is 28.3. The highest BCUT2D eigenvalue weighted by atomic mass is 32.2. The number of amides is 1. The number of carboxylic acids is 1. The highest BCUT2D eigenvalue weighted by Gasteiger charge is 2.28. The second-order valence-electron chi connectivity index (χ2n) is 11.2. The summed E-state index contributed by atoms with van der Waals surface area (Å²) in [6, 6.07) is 3.86. The maximum Gasteiger partial charge on any atom is 0.339 e. The lowest BCUT2D eigenvalue weighted by atomic mass is 9.91. The number of nitrogens with one attached hydrogen (secondary N) is 1. The Morgan fingerprint density at radius 2 is 1.47 bits per heavy atom. The number of allylic oxidation sites excluding steroid dienone is 10. The monoisotopic (exact) mass is 639 g/mol. The molecule has 0 heterocycles. The van der Waals surface area contributed by atoms with Crippen molar-refractivity contribution >= 4 is 35.1 Å². The van der Waals surface area contributed by atoms with Crippen LogP contribution in [0.5, 0.6) is 5.75 Å². The number of hydrogen-bond donors (Lipinski definition) is 3. The lowest BCUT2D eigenvalue weighted by molar-refractivity contribution is -0.129. The third kappa shape index (κ3) is 18.9. The van der Waals surface area contributed by atoms with Crippen LogP contribution in [0.1, 0.15) is 95.3 Å². The second-order valence-corrected chi connectivity index (χ2v) is 12.3. The van der Waals surface area contributed by atoms with Gasteiger partial charge in [0, 0.05) is 25.1 Å². The third-order valence-electron chi connectivity index (χ3n) is 6.74. The van der Waals surface area contributed by atoms with Gasteiger partial charge in [0.1, 0.15) is 11.3 Å². The molecule has 0 aliphatic rings. The minimum Gasteiger partial charge on any atom is -0.507 e. The number of rotatable bonds is 24. The molecule has 0 bridgehead atoms. The number of hydrogen-bond acceptors (Lipinski definition) is 6. The fraction of sp³-hybridized carbons (Fsp3) is 0.486. The van der Waals surface area contributed by atoms with Gasteiger partial charge in [-0.1, -0.05) is 81.5 Å². The molecule has 0 aromatic heterocycles. The number of carboxylic acid groups (broad SMARTS) is 1. The minimum absolute atomic E-state index is 0.0272. The zero-order valence-electron chi connectivity index (χ0n) is 27.5. The molecule has 0 aliphatic carbocycles. The SMILES string of the molecule is CC/C=C\C/C=C\C/C=C\C/C=C\C/C=C\CCCCSC(OC)C(=O)CC(CC(C)C)C(=O)Nc1ccc(O)c(C(=O)O)c1. The van der Waals surface area contributed by atoms with Crippen LogP contribution >= 0.6 is 11.8 Å². The molecule has 248 valence electrons. The molecule has 1 rings (SSSR count). The van der Waals surface area contributed by atoms with Crippen molar-refractivity contribution in [2.75, 3.05) is 18.2 Å². The molecular weight excluding hydrogens is 586 g/mol. The first-order valence-electron chi connectivity index (χ1n) is 16.0. The molecule has 0 fully saturated rings. The van der Waals surface area contributed by atoms with E-state index in [1.807, 2.05) is 13.8 Å². The summed E-state index contributed by atoms with van der Waals surface area (Å²) >= 11 is 1.46. The summed E-state index contributed by atoms with van der Waals surface area (Å²) < 4.78 is 5.46. The van der Waals surface area contributed by atoms with Gasteiger partial charge in [0.25, 0.3) is 0 Å². The molecule has 2 unspecified atom stereocenters. The highest BCUT2D eigenvalue weighted by molar-refractivity contribution is 8.00. The topological polar surface area (TPSA) is 113 Å². The summed E-state index contributed by atoms with van der Waals surface area (Å²) in [5, 5.41) is 21.7. The number of aromatic carboxylic acids is 1. The molecule has 1 aromatic carbocycles. The number of carbonyl (C=O) groups excluding carboxylic acids is 2. The lowest BCUT2D eigenvalue weighted by Crippen LogP contribution is -2.30. The normalized spacial score (nSPS) is 13.6. The smallest absolute Gasteiger partial charge is 0.339 e. The van der Waals surface area contributed by atoms with Gasteiger partial charge >= 0.3 is 5.97 Å². The maximum absolute atomic E-state index is 13.1. The van der Waals surface area contributed by atoms with Crippen molar-refractivity contribution < 1.29 is 29.3 Å². The van der Waals surface area contributed by atoms with Gasteiger partial charge < -0.3 is 20.3 Å². The number of Topliss-reactive ketones (excluding diaryl/α,β-unsaturated/α-hetero) is 1. The van der Waals surface area contributed by atoms with Crippen molar-refractivity contribution in [3.63, 3.8) is 0 Å². The molecule has 1 amide bonds. The molecule has 1 aromatic rings. The summed E-state index contributed by atoms with van der Waals surface area (Å²) in [4.78, 5) is 37.5. The minimum atomic E-state index is -1.30.